The SMILES string of the molecule is CC(CN1CCCn2nc(CCC(=O)O)cc2C1)c1ccccc1. The maximum absolute atomic E-state index is 10.7. The van der Waals surface area contributed by atoms with E-state index >= 15 is 0 Å². The number of carboxylic acid groups (broad SMARTS) is 1. The van der Waals surface area contributed by atoms with E-state index in [1.165, 1.54) is 11.3 Å². The molecule has 1 aromatic heterocycles. The minimum absolute atomic E-state index is 0.144. The second kappa shape index (κ2) is 7.62. The molecule has 0 saturated carbocycles. The molecule has 24 heavy (non-hydrogen) atoms. The highest BCUT2D eigenvalue weighted by molar-refractivity contribution is 5.66. The molecule has 1 unspecified atom stereocenters. The lowest BCUT2D eigenvalue weighted by Gasteiger charge is -2.24. The van der Waals surface area contributed by atoms with Crippen LogP contribution in [-0.4, -0.2) is 38.8 Å². The van der Waals surface area contributed by atoms with E-state index in [2.05, 4.69) is 58.0 Å². The minimum Gasteiger partial charge on any atom is -0.481 e. The standard InChI is InChI=1S/C19H25N3O2/c1-15(16-6-3-2-4-7-16)13-21-10-5-11-22-18(14-21)12-17(20-22)8-9-19(23)24/h2-4,6-7,12,15H,5,8-11,13-14H2,1H3,(H,23,24). The van der Waals surface area contributed by atoms with Crippen molar-refractivity contribution >= 4 is 5.97 Å². The summed E-state index contributed by atoms with van der Waals surface area (Å²) in [7, 11) is 0. The Morgan fingerprint density at radius 3 is 2.83 bits per heavy atom. The fraction of sp³-hybridized carbons (Fsp3) is 0.474. The van der Waals surface area contributed by atoms with Crippen LogP contribution in [0.2, 0.25) is 0 Å². The summed E-state index contributed by atoms with van der Waals surface area (Å²) < 4.78 is 2.06. The fourth-order valence-electron chi connectivity index (χ4n) is 3.38. The average Bonchev–Trinajstić information content (AvgIpc) is 2.86. The van der Waals surface area contributed by atoms with Crippen LogP contribution >= 0.6 is 0 Å². The van der Waals surface area contributed by atoms with E-state index in [0.717, 1.165) is 38.3 Å². The average molecular weight is 327 g/mol. The van der Waals surface area contributed by atoms with Crippen molar-refractivity contribution in [3.05, 3.63) is 53.3 Å². The number of rotatable bonds is 6. The predicted molar refractivity (Wildman–Crippen MR) is 92.9 cm³/mol. The van der Waals surface area contributed by atoms with Crippen LogP contribution < -0.4 is 0 Å². The van der Waals surface area contributed by atoms with E-state index in [4.69, 9.17) is 5.11 Å². The van der Waals surface area contributed by atoms with Gasteiger partial charge in [-0.15, -0.1) is 0 Å². The molecule has 0 bridgehead atoms. The summed E-state index contributed by atoms with van der Waals surface area (Å²) >= 11 is 0. The number of carboxylic acids is 1. The summed E-state index contributed by atoms with van der Waals surface area (Å²) in [6, 6.07) is 12.7. The van der Waals surface area contributed by atoms with Gasteiger partial charge < -0.3 is 5.11 Å². The van der Waals surface area contributed by atoms with Gasteiger partial charge >= 0.3 is 5.97 Å². The first-order chi connectivity index (χ1) is 11.6. The van der Waals surface area contributed by atoms with Crippen LogP contribution in [0.5, 0.6) is 0 Å². The van der Waals surface area contributed by atoms with Gasteiger partial charge in [-0.3, -0.25) is 14.4 Å². The Morgan fingerprint density at radius 1 is 1.29 bits per heavy atom. The van der Waals surface area contributed by atoms with Crippen LogP contribution in [0.25, 0.3) is 0 Å². The fourth-order valence-corrected chi connectivity index (χ4v) is 3.38. The molecule has 0 spiro atoms. The lowest BCUT2D eigenvalue weighted by atomic mass is 10.0. The largest absolute Gasteiger partial charge is 0.481 e. The molecule has 1 aliphatic rings. The Labute approximate surface area is 142 Å². The Morgan fingerprint density at radius 2 is 2.08 bits per heavy atom. The normalized spacial score (nSPS) is 16.4. The predicted octanol–water partition coefficient (Wildman–Crippen LogP) is 2.91. The first-order valence-corrected chi connectivity index (χ1v) is 8.66. The van der Waals surface area contributed by atoms with E-state index in [9.17, 15) is 4.79 Å². The van der Waals surface area contributed by atoms with Gasteiger partial charge in [0.15, 0.2) is 0 Å². The van der Waals surface area contributed by atoms with Crippen molar-refractivity contribution in [2.45, 2.75) is 45.2 Å². The van der Waals surface area contributed by atoms with Gasteiger partial charge in [-0.2, -0.15) is 5.10 Å². The van der Waals surface area contributed by atoms with Crippen LogP contribution in [0.15, 0.2) is 36.4 Å². The van der Waals surface area contributed by atoms with Crippen LogP contribution in [0.3, 0.4) is 0 Å². The lowest BCUT2D eigenvalue weighted by Crippen LogP contribution is -2.27. The molecule has 0 radical (unpaired) electrons. The smallest absolute Gasteiger partial charge is 0.303 e. The number of aliphatic carboxylic acids is 1. The molecule has 5 nitrogen and oxygen atoms in total. The van der Waals surface area contributed by atoms with Crippen molar-refractivity contribution in [3.8, 4) is 0 Å². The zero-order valence-corrected chi connectivity index (χ0v) is 14.2. The zero-order chi connectivity index (χ0) is 16.9. The Balaban J connectivity index is 1.64. The minimum atomic E-state index is -0.767. The monoisotopic (exact) mass is 327 g/mol. The highest BCUT2D eigenvalue weighted by Crippen LogP contribution is 2.20. The second-order valence-corrected chi connectivity index (χ2v) is 6.64. The van der Waals surface area contributed by atoms with Gasteiger partial charge in [0.25, 0.3) is 0 Å². The quantitative estimate of drug-likeness (QED) is 0.886. The zero-order valence-electron chi connectivity index (χ0n) is 14.2. The molecule has 128 valence electrons. The van der Waals surface area contributed by atoms with Gasteiger partial charge in [-0.25, -0.2) is 0 Å². The maximum atomic E-state index is 10.7. The molecule has 1 aliphatic heterocycles. The summed E-state index contributed by atoms with van der Waals surface area (Å²) in [5, 5.41) is 13.4. The van der Waals surface area contributed by atoms with Gasteiger partial charge in [0.05, 0.1) is 17.8 Å². The van der Waals surface area contributed by atoms with E-state index in [1.54, 1.807) is 0 Å². The molecule has 5 heteroatoms. The van der Waals surface area contributed by atoms with Gasteiger partial charge in [0.1, 0.15) is 0 Å². The summed E-state index contributed by atoms with van der Waals surface area (Å²) in [5.74, 6) is -0.274. The van der Waals surface area contributed by atoms with Crippen molar-refractivity contribution in [2.24, 2.45) is 0 Å². The highest BCUT2D eigenvalue weighted by Gasteiger charge is 2.19. The van der Waals surface area contributed by atoms with Crippen LogP contribution in [0, 0.1) is 0 Å². The molecule has 1 atom stereocenters. The number of hydrogen-bond acceptors (Lipinski definition) is 3. The molecular formula is C19H25N3O2. The number of aryl methyl sites for hydroxylation is 2. The van der Waals surface area contributed by atoms with Crippen molar-refractivity contribution in [1.29, 1.82) is 0 Å². The Kier molecular flexibility index (Phi) is 5.30. The van der Waals surface area contributed by atoms with E-state index < -0.39 is 5.97 Å². The number of benzene rings is 1. The Bertz CT molecular complexity index is 681. The summed E-state index contributed by atoms with van der Waals surface area (Å²) in [4.78, 5) is 13.2. The van der Waals surface area contributed by atoms with Crippen LogP contribution in [0.1, 0.15) is 42.6 Å². The molecule has 1 N–H and O–H groups in total. The lowest BCUT2D eigenvalue weighted by molar-refractivity contribution is -0.136. The van der Waals surface area contributed by atoms with Crippen molar-refractivity contribution in [2.75, 3.05) is 13.1 Å². The van der Waals surface area contributed by atoms with E-state index in [1.807, 2.05) is 0 Å². The number of aromatic nitrogens is 2. The molecule has 0 saturated heterocycles. The molecule has 0 aliphatic carbocycles. The first kappa shape index (κ1) is 16.7. The summed E-state index contributed by atoms with van der Waals surface area (Å²) in [6.45, 7) is 6.18. The topological polar surface area (TPSA) is 58.4 Å². The van der Waals surface area contributed by atoms with E-state index in [0.29, 0.717) is 12.3 Å². The number of nitrogens with zero attached hydrogens (tertiary/aromatic N) is 3. The van der Waals surface area contributed by atoms with Crippen molar-refractivity contribution < 1.29 is 9.90 Å². The summed E-state index contributed by atoms with van der Waals surface area (Å²) in [6.07, 6.45) is 1.73. The van der Waals surface area contributed by atoms with Crippen molar-refractivity contribution in [1.82, 2.24) is 14.7 Å². The third-order valence-corrected chi connectivity index (χ3v) is 4.64. The van der Waals surface area contributed by atoms with Gasteiger partial charge in [-0.05, 0) is 24.0 Å². The Hall–Kier alpha value is -2.14. The van der Waals surface area contributed by atoms with Crippen LogP contribution in [0.4, 0.5) is 0 Å². The molecule has 3 rings (SSSR count). The molecule has 2 aromatic rings. The third kappa shape index (κ3) is 4.23. The molecule has 0 fully saturated rings. The second-order valence-electron chi connectivity index (χ2n) is 6.64. The molecular weight excluding hydrogens is 302 g/mol. The maximum Gasteiger partial charge on any atom is 0.303 e. The molecule has 2 heterocycles. The summed E-state index contributed by atoms with van der Waals surface area (Å²) in [5.41, 5.74) is 3.47. The van der Waals surface area contributed by atoms with Gasteiger partial charge in [0, 0.05) is 32.6 Å². The third-order valence-electron chi connectivity index (χ3n) is 4.64. The number of fused-ring (bicyclic) bond motifs is 1. The first-order valence-electron chi connectivity index (χ1n) is 8.66. The highest BCUT2D eigenvalue weighted by atomic mass is 16.4. The molecule has 0 amide bonds. The van der Waals surface area contributed by atoms with Gasteiger partial charge in [0.2, 0.25) is 0 Å². The number of carbonyl (C=O) groups is 1. The molecule has 1 aromatic carbocycles. The van der Waals surface area contributed by atoms with Crippen LogP contribution in [-0.2, 0) is 24.3 Å². The van der Waals surface area contributed by atoms with Gasteiger partial charge in [-0.1, -0.05) is 37.3 Å². The van der Waals surface area contributed by atoms with Crippen molar-refractivity contribution in [3.63, 3.8) is 0 Å². The van der Waals surface area contributed by atoms with E-state index in [-0.39, 0.29) is 6.42 Å². The number of hydrogen-bond donors (Lipinski definition) is 1.